The van der Waals surface area contributed by atoms with E-state index in [2.05, 4.69) is 4.90 Å². The third kappa shape index (κ3) is 4.36. The van der Waals surface area contributed by atoms with Crippen LogP contribution in [-0.4, -0.2) is 72.8 Å². The first-order valence-electron chi connectivity index (χ1n) is 11.3. The number of ketones is 1. The predicted molar refractivity (Wildman–Crippen MR) is 125 cm³/mol. The van der Waals surface area contributed by atoms with Crippen LogP contribution < -0.4 is 9.47 Å². The average molecular weight is 485 g/mol. The van der Waals surface area contributed by atoms with E-state index in [0.29, 0.717) is 53.8 Å². The van der Waals surface area contributed by atoms with Crippen LogP contribution in [0.2, 0.25) is 5.02 Å². The first-order valence-corrected chi connectivity index (χ1v) is 11.6. The lowest BCUT2D eigenvalue weighted by atomic mass is 9.95. The van der Waals surface area contributed by atoms with Gasteiger partial charge in [0.2, 0.25) is 6.79 Å². The SMILES string of the molecule is O=C1C(=O)N(CCCN2CCOCC2)C(c2cccc(Cl)c2)/C1=C(\O)c1ccc2c(c1)OCO2. The normalized spacial score (nSPS) is 21.9. The van der Waals surface area contributed by atoms with Crippen molar-refractivity contribution in [2.75, 3.05) is 46.2 Å². The molecule has 2 aromatic carbocycles. The van der Waals surface area contributed by atoms with Crippen molar-refractivity contribution >= 4 is 29.1 Å². The summed E-state index contributed by atoms with van der Waals surface area (Å²) in [4.78, 5) is 30.1. The number of carbonyl (C=O) groups excluding carboxylic acids is 2. The Morgan fingerprint density at radius 3 is 2.62 bits per heavy atom. The van der Waals surface area contributed by atoms with Crippen molar-refractivity contribution in [2.45, 2.75) is 12.5 Å². The van der Waals surface area contributed by atoms with E-state index >= 15 is 0 Å². The van der Waals surface area contributed by atoms with Crippen molar-refractivity contribution in [1.82, 2.24) is 9.80 Å². The minimum absolute atomic E-state index is 0.0394. The standard InChI is InChI=1S/C25H25ClN2O6/c26-18-4-1-3-16(13-18)22-21(23(29)17-5-6-19-20(14-17)34-15-33-19)24(30)25(31)28(22)8-2-7-27-9-11-32-12-10-27/h1,3-6,13-14,22,29H,2,7-12,15H2/b23-21+. The number of benzene rings is 2. The van der Waals surface area contributed by atoms with Gasteiger partial charge in [-0.2, -0.15) is 0 Å². The zero-order chi connectivity index (χ0) is 23.7. The third-order valence-electron chi connectivity index (χ3n) is 6.33. The van der Waals surface area contributed by atoms with Crippen LogP contribution in [0.3, 0.4) is 0 Å². The van der Waals surface area contributed by atoms with Crippen molar-refractivity contribution < 1.29 is 28.9 Å². The number of aliphatic hydroxyl groups excluding tert-OH is 1. The Balaban J connectivity index is 1.48. The van der Waals surface area contributed by atoms with Crippen molar-refractivity contribution in [3.05, 3.63) is 64.2 Å². The highest BCUT2D eigenvalue weighted by Gasteiger charge is 2.46. The van der Waals surface area contributed by atoms with E-state index < -0.39 is 17.7 Å². The van der Waals surface area contributed by atoms with E-state index in [0.717, 1.165) is 19.6 Å². The number of hydrogen-bond donors (Lipinski definition) is 1. The minimum Gasteiger partial charge on any atom is -0.507 e. The summed E-state index contributed by atoms with van der Waals surface area (Å²) in [5.41, 5.74) is 1.08. The van der Waals surface area contributed by atoms with Gasteiger partial charge in [0.1, 0.15) is 5.76 Å². The summed E-state index contributed by atoms with van der Waals surface area (Å²) < 4.78 is 16.1. The quantitative estimate of drug-likeness (QED) is 0.382. The molecule has 2 fully saturated rings. The number of ether oxygens (including phenoxy) is 3. The lowest BCUT2D eigenvalue weighted by Crippen LogP contribution is -2.38. The van der Waals surface area contributed by atoms with E-state index in [9.17, 15) is 14.7 Å². The van der Waals surface area contributed by atoms with Gasteiger partial charge in [-0.15, -0.1) is 0 Å². The Labute approximate surface area is 202 Å². The molecule has 0 spiro atoms. The summed E-state index contributed by atoms with van der Waals surface area (Å²) in [6, 6.07) is 11.2. The highest BCUT2D eigenvalue weighted by molar-refractivity contribution is 6.46. The molecule has 1 unspecified atom stereocenters. The second-order valence-corrected chi connectivity index (χ2v) is 8.86. The summed E-state index contributed by atoms with van der Waals surface area (Å²) in [6.07, 6.45) is 0.689. The van der Waals surface area contributed by atoms with Gasteiger partial charge in [0.25, 0.3) is 11.7 Å². The summed E-state index contributed by atoms with van der Waals surface area (Å²) in [6.45, 7) is 4.34. The third-order valence-corrected chi connectivity index (χ3v) is 6.56. The van der Waals surface area contributed by atoms with Crippen molar-refractivity contribution in [2.24, 2.45) is 0 Å². The lowest BCUT2D eigenvalue weighted by Gasteiger charge is -2.29. The molecule has 1 amide bonds. The molecule has 9 heteroatoms. The fourth-order valence-corrected chi connectivity index (χ4v) is 4.82. The van der Waals surface area contributed by atoms with Gasteiger partial charge in [-0.3, -0.25) is 14.5 Å². The lowest BCUT2D eigenvalue weighted by molar-refractivity contribution is -0.140. The molecule has 178 valence electrons. The molecule has 2 aromatic rings. The highest BCUT2D eigenvalue weighted by Crippen LogP contribution is 2.41. The van der Waals surface area contributed by atoms with Gasteiger partial charge in [-0.25, -0.2) is 0 Å². The van der Waals surface area contributed by atoms with Crippen LogP contribution in [0.15, 0.2) is 48.0 Å². The number of amides is 1. The van der Waals surface area contributed by atoms with Gasteiger partial charge in [-0.1, -0.05) is 23.7 Å². The molecule has 5 rings (SSSR count). The predicted octanol–water partition coefficient (Wildman–Crippen LogP) is 3.21. The molecule has 1 atom stereocenters. The van der Waals surface area contributed by atoms with Crippen molar-refractivity contribution in [1.29, 1.82) is 0 Å². The number of likely N-dealkylation sites (tertiary alicyclic amines) is 1. The number of carbonyl (C=O) groups is 2. The molecule has 0 bridgehead atoms. The minimum atomic E-state index is -0.742. The number of morpholine rings is 1. The van der Waals surface area contributed by atoms with Crippen LogP contribution >= 0.6 is 11.6 Å². The molecule has 0 aliphatic carbocycles. The summed E-state index contributed by atoms with van der Waals surface area (Å²) in [5.74, 6) is -0.562. The van der Waals surface area contributed by atoms with Crippen LogP contribution in [0.5, 0.6) is 11.5 Å². The van der Waals surface area contributed by atoms with E-state index in [1.165, 1.54) is 4.90 Å². The Hall–Kier alpha value is -3.07. The number of nitrogens with zero attached hydrogens (tertiary/aromatic N) is 2. The number of rotatable bonds is 6. The second-order valence-electron chi connectivity index (χ2n) is 8.42. The number of hydrogen-bond acceptors (Lipinski definition) is 7. The molecule has 0 saturated carbocycles. The van der Waals surface area contributed by atoms with Crippen molar-refractivity contribution in [3.8, 4) is 11.5 Å². The molecule has 8 nitrogen and oxygen atoms in total. The van der Waals surface area contributed by atoms with E-state index in [1.807, 2.05) is 6.07 Å². The van der Waals surface area contributed by atoms with Crippen LogP contribution in [0.25, 0.3) is 5.76 Å². The Morgan fingerprint density at radius 1 is 1.03 bits per heavy atom. The molecule has 0 radical (unpaired) electrons. The Bertz CT molecular complexity index is 1140. The van der Waals surface area contributed by atoms with Gasteiger partial charge in [-0.05, 0) is 42.3 Å². The van der Waals surface area contributed by atoms with Crippen molar-refractivity contribution in [3.63, 3.8) is 0 Å². The number of aliphatic hydroxyl groups is 1. The van der Waals surface area contributed by atoms with Gasteiger partial charge < -0.3 is 24.2 Å². The van der Waals surface area contributed by atoms with Crippen LogP contribution in [0, 0.1) is 0 Å². The van der Waals surface area contributed by atoms with E-state index in [-0.39, 0.29) is 18.1 Å². The maximum Gasteiger partial charge on any atom is 0.295 e. The number of fused-ring (bicyclic) bond motifs is 1. The Morgan fingerprint density at radius 2 is 1.82 bits per heavy atom. The van der Waals surface area contributed by atoms with Gasteiger partial charge in [0.15, 0.2) is 11.5 Å². The zero-order valence-electron chi connectivity index (χ0n) is 18.5. The fourth-order valence-electron chi connectivity index (χ4n) is 4.62. The molecule has 1 N–H and O–H groups in total. The molecule has 3 heterocycles. The van der Waals surface area contributed by atoms with Gasteiger partial charge >= 0.3 is 0 Å². The summed E-state index contributed by atoms with van der Waals surface area (Å²) >= 11 is 6.24. The smallest absolute Gasteiger partial charge is 0.295 e. The maximum absolute atomic E-state index is 13.2. The molecular formula is C25H25ClN2O6. The molecule has 2 saturated heterocycles. The number of Topliss-reactive ketones (excluding diaryl/α,β-unsaturated/α-hetero) is 1. The summed E-state index contributed by atoms with van der Waals surface area (Å²) in [7, 11) is 0. The summed E-state index contributed by atoms with van der Waals surface area (Å²) in [5, 5.41) is 11.7. The van der Waals surface area contributed by atoms with E-state index in [1.54, 1.807) is 36.4 Å². The Kier molecular flexibility index (Phi) is 6.45. The maximum atomic E-state index is 13.2. The van der Waals surface area contributed by atoms with Crippen LogP contribution in [0.1, 0.15) is 23.6 Å². The molecule has 34 heavy (non-hydrogen) atoms. The number of halogens is 1. The van der Waals surface area contributed by atoms with Crippen LogP contribution in [0.4, 0.5) is 0 Å². The van der Waals surface area contributed by atoms with E-state index in [4.69, 9.17) is 25.8 Å². The largest absolute Gasteiger partial charge is 0.507 e. The zero-order valence-corrected chi connectivity index (χ0v) is 19.3. The first kappa shape index (κ1) is 22.7. The first-order chi connectivity index (χ1) is 16.5. The second kappa shape index (κ2) is 9.66. The molecule has 3 aliphatic heterocycles. The molecule has 0 aromatic heterocycles. The van der Waals surface area contributed by atoms with Crippen LogP contribution in [-0.2, 0) is 14.3 Å². The van der Waals surface area contributed by atoms with Gasteiger partial charge in [0, 0.05) is 36.8 Å². The topological polar surface area (TPSA) is 88.5 Å². The average Bonchev–Trinajstić information content (AvgIpc) is 3.42. The van der Waals surface area contributed by atoms with Gasteiger partial charge in [0.05, 0.1) is 24.8 Å². The highest BCUT2D eigenvalue weighted by atomic mass is 35.5. The molecule has 3 aliphatic rings. The fraction of sp³-hybridized carbons (Fsp3) is 0.360. The molecular weight excluding hydrogens is 460 g/mol. The monoisotopic (exact) mass is 484 g/mol.